The van der Waals surface area contributed by atoms with Crippen molar-refractivity contribution in [3.8, 4) is 0 Å². The van der Waals surface area contributed by atoms with Crippen LogP contribution in [0.2, 0.25) is 5.02 Å². The summed E-state index contributed by atoms with van der Waals surface area (Å²) in [5.74, 6) is -2.60. The average Bonchev–Trinajstić information content (AvgIpc) is 2.31. The normalized spacial score (nSPS) is 11.8. The molecule has 112 valence electrons. The molecule has 2 N–H and O–H groups in total. The maximum Gasteiger partial charge on any atom is 0.337 e. The first-order valence-electron chi connectivity index (χ1n) is 5.51. The molecule has 0 saturated carbocycles. The van der Waals surface area contributed by atoms with Crippen LogP contribution in [0.25, 0.3) is 0 Å². The molecule has 1 rings (SSSR count). The molecule has 0 aliphatic rings. The van der Waals surface area contributed by atoms with Crippen LogP contribution < -0.4 is 4.89 Å². The van der Waals surface area contributed by atoms with Gasteiger partial charge in [-0.25, -0.2) is 17.6 Å². The number of sulfonamides is 1. The van der Waals surface area contributed by atoms with Crippen molar-refractivity contribution in [2.24, 2.45) is 5.92 Å². The minimum absolute atomic E-state index is 0.0780. The zero-order valence-electron chi connectivity index (χ0n) is 10.7. The minimum atomic E-state index is -4.19. The number of benzene rings is 1. The van der Waals surface area contributed by atoms with Crippen molar-refractivity contribution in [1.82, 2.24) is 4.89 Å². The first-order chi connectivity index (χ1) is 9.15. The maximum atomic E-state index is 13.5. The third-order valence-electron chi connectivity index (χ3n) is 2.13. The molecule has 0 bridgehead atoms. The Balaban J connectivity index is 3.10. The van der Waals surface area contributed by atoms with Gasteiger partial charge < -0.3 is 5.11 Å². The molecule has 0 saturated heterocycles. The Morgan fingerprint density at radius 2 is 2.10 bits per heavy atom. The van der Waals surface area contributed by atoms with Gasteiger partial charge in [0.15, 0.2) is 0 Å². The van der Waals surface area contributed by atoms with Crippen LogP contribution in [0.1, 0.15) is 24.2 Å². The summed E-state index contributed by atoms with van der Waals surface area (Å²) in [6, 6.07) is 1.38. The van der Waals surface area contributed by atoms with Crippen LogP contribution in [-0.2, 0) is 14.9 Å². The van der Waals surface area contributed by atoms with Crippen LogP contribution in [0.3, 0.4) is 0 Å². The molecule has 0 amide bonds. The van der Waals surface area contributed by atoms with E-state index >= 15 is 0 Å². The van der Waals surface area contributed by atoms with Crippen molar-refractivity contribution >= 4 is 27.6 Å². The third kappa shape index (κ3) is 4.14. The molecule has 6 nitrogen and oxygen atoms in total. The molecular weight excluding hydrogens is 313 g/mol. The molecular formula is C11H13ClFNO5S. The minimum Gasteiger partial charge on any atom is -0.478 e. The van der Waals surface area contributed by atoms with E-state index in [2.05, 4.69) is 0 Å². The summed E-state index contributed by atoms with van der Waals surface area (Å²) in [7, 11) is -4.19. The third-order valence-corrected chi connectivity index (χ3v) is 3.71. The summed E-state index contributed by atoms with van der Waals surface area (Å²) in [5, 5.41) is 8.18. The van der Waals surface area contributed by atoms with Crippen molar-refractivity contribution < 1.29 is 27.5 Å². The second kappa shape index (κ2) is 6.49. The molecule has 0 unspecified atom stereocenters. The van der Waals surface area contributed by atoms with Crippen LogP contribution >= 0.6 is 11.6 Å². The fourth-order valence-electron chi connectivity index (χ4n) is 1.20. The van der Waals surface area contributed by atoms with Gasteiger partial charge in [0.1, 0.15) is 5.82 Å². The number of hydrogen-bond donors (Lipinski definition) is 2. The zero-order chi connectivity index (χ0) is 15.5. The molecule has 0 aromatic heterocycles. The average molecular weight is 326 g/mol. The van der Waals surface area contributed by atoms with E-state index in [0.29, 0.717) is 6.07 Å². The van der Waals surface area contributed by atoms with Gasteiger partial charge in [0.25, 0.3) is 10.0 Å². The highest BCUT2D eigenvalue weighted by molar-refractivity contribution is 7.89. The Morgan fingerprint density at radius 1 is 1.50 bits per heavy atom. The predicted molar refractivity (Wildman–Crippen MR) is 69.5 cm³/mol. The lowest BCUT2D eigenvalue weighted by atomic mass is 10.2. The molecule has 1 aromatic carbocycles. The Kier molecular flexibility index (Phi) is 5.46. The molecule has 9 heteroatoms. The molecule has 0 radical (unpaired) electrons. The number of carboxylic acid groups (broad SMARTS) is 1. The summed E-state index contributed by atoms with van der Waals surface area (Å²) in [4.78, 5) is 16.8. The number of aromatic carboxylic acids is 1. The maximum absolute atomic E-state index is 13.5. The lowest BCUT2D eigenvalue weighted by Crippen LogP contribution is -2.26. The molecule has 0 aliphatic heterocycles. The van der Waals surface area contributed by atoms with Gasteiger partial charge in [-0.3, -0.25) is 4.84 Å². The quantitative estimate of drug-likeness (QED) is 0.781. The summed E-state index contributed by atoms with van der Waals surface area (Å²) >= 11 is 5.45. The molecule has 0 fully saturated rings. The second-order valence-electron chi connectivity index (χ2n) is 4.36. The number of carboxylic acids is 1. The predicted octanol–water partition coefficient (Wildman–Crippen LogP) is 2.04. The fourth-order valence-corrected chi connectivity index (χ4v) is 2.24. The number of carbonyl (C=O) groups is 1. The SMILES string of the molecule is CC(C)CONS(=O)(=O)c1cc(F)c(Cl)c(C(=O)O)c1. The Morgan fingerprint density at radius 3 is 2.60 bits per heavy atom. The summed E-state index contributed by atoms with van der Waals surface area (Å²) < 4.78 is 37.1. The van der Waals surface area contributed by atoms with E-state index in [4.69, 9.17) is 21.5 Å². The smallest absolute Gasteiger partial charge is 0.337 e. The van der Waals surface area contributed by atoms with E-state index in [0.717, 1.165) is 6.07 Å². The highest BCUT2D eigenvalue weighted by atomic mass is 35.5. The highest BCUT2D eigenvalue weighted by Crippen LogP contribution is 2.24. The van der Waals surface area contributed by atoms with Crippen molar-refractivity contribution in [2.75, 3.05) is 6.61 Å². The number of halogens is 2. The van der Waals surface area contributed by atoms with E-state index < -0.39 is 37.3 Å². The summed E-state index contributed by atoms with van der Waals surface area (Å²) in [5.41, 5.74) is -0.643. The fraction of sp³-hybridized carbons (Fsp3) is 0.364. The van der Waals surface area contributed by atoms with Gasteiger partial charge in [0, 0.05) is 0 Å². The van der Waals surface area contributed by atoms with E-state index in [9.17, 15) is 17.6 Å². The molecule has 0 spiro atoms. The van der Waals surface area contributed by atoms with Crippen LogP contribution in [0, 0.1) is 11.7 Å². The van der Waals surface area contributed by atoms with Gasteiger partial charge >= 0.3 is 5.97 Å². The second-order valence-corrected chi connectivity index (χ2v) is 6.39. The van der Waals surface area contributed by atoms with Gasteiger partial charge in [-0.1, -0.05) is 30.3 Å². The number of nitrogens with one attached hydrogen (secondary N) is 1. The Bertz CT molecular complexity index is 617. The lowest BCUT2D eigenvalue weighted by Gasteiger charge is -2.10. The molecule has 1 aromatic rings. The van der Waals surface area contributed by atoms with E-state index in [1.165, 1.54) is 0 Å². The van der Waals surface area contributed by atoms with Gasteiger partial charge in [-0.15, -0.1) is 0 Å². The molecule has 20 heavy (non-hydrogen) atoms. The van der Waals surface area contributed by atoms with Gasteiger partial charge in [-0.2, -0.15) is 0 Å². The van der Waals surface area contributed by atoms with Crippen LogP contribution in [-0.4, -0.2) is 26.1 Å². The molecule has 0 aliphatic carbocycles. The zero-order valence-corrected chi connectivity index (χ0v) is 12.3. The van der Waals surface area contributed by atoms with Crippen molar-refractivity contribution in [2.45, 2.75) is 18.7 Å². The standard InChI is InChI=1S/C11H13ClFNO5S/c1-6(2)5-19-14-20(17,18)7-3-8(11(15)16)10(12)9(13)4-7/h3-4,6,14H,5H2,1-2H3,(H,15,16). The highest BCUT2D eigenvalue weighted by Gasteiger charge is 2.22. The Labute approximate surface area is 120 Å². The van der Waals surface area contributed by atoms with Gasteiger partial charge in [-0.05, 0) is 18.1 Å². The summed E-state index contributed by atoms with van der Waals surface area (Å²) in [6.07, 6.45) is 0. The van der Waals surface area contributed by atoms with Crippen molar-refractivity contribution in [1.29, 1.82) is 0 Å². The summed E-state index contributed by atoms with van der Waals surface area (Å²) in [6.45, 7) is 3.72. The van der Waals surface area contributed by atoms with Gasteiger partial charge in [0.2, 0.25) is 0 Å². The van der Waals surface area contributed by atoms with Crippen molar-refractivity contribution in [3.63, 3.8) is 0 Å². The monoisotopic (exact) mass is 325 g/mol. The number of hydrogen-bond acceptors (Lipinski definition) is 4. The molecule has 0 heterocycles. The van der Waals surface area contributed by atoms with E-state index in [-0.39, 0.29) is 12.5 Å². The molecule has 0 atom stereocenters. The first-order valence-corrected chi connectivity index (χ1v) is 7.37. The van der Waals surface area contributed by atoms with Gasteiger partial charge in [0.05, 0.1) is 22.1 Å². The van der Waals surface area contributed by atoms with Crippen LogP contribution in [0.15, 0.2) is 17.0 Å². The first kappa shape index (κ1) is 16.8. The van der Waals surface area contributed by atoms with E-state index in [1.807, 2.05) is 0 Å². The van der Waals surface area contributed by atoms with Crippen LogP contribution in [0.5, 0.6) is 0 Å². The number of rotatable bonds is 6. The lowest BCUT2D eigenvalue weighted by molar-refractivity contribution is 0.0695. The van der Waals surface area contributed by atoms with Crippen molar-refractivity contribution in [3.05, 3.63) is 28.5 Å². The van der Waals surface area contributed by atoms with E-state index in [1.54, 1.807) is 18.7 Å². The topological polar surface area (TPSA) is 92.7 Å². The van der Waals surface area contributed by atoms with Crippen LogP contribution in [0.4, 0.5) is 4.39 Å². The Hall–Kier alpha value is -1.22. The largest absolute Gasteiger partial charge is 0.478 e.